The summed E-state index contributed by atoms with van der Waals surface area (Å²) in [5.41, 5.74) is 3.81. The third-order valence-electron chi connectivity index (χ3n) is 4.57. The summed E-state index contributed by atoms with van der Waals surface area (Å²) in [7, 11) is 0. The highest BCUT2D eigenvalue weighted by molar-refractivity contribution is 7.13. The third-order valence-corrected chi connectivity index (χ3v) is 5.49. The van der Waals surface area contributed by atoms with E-state index in [2.05, 4.69) is 39.5 Å². The lowest BCUT2D eigenvalue weighted by Gasteiger charge is -2.28. The average Bonchev–Trinajstić information content (AvgIpc) is 3.28. The standard InChI is InChI=1S/C21H21N3O2S.CH4/c25-21(18-12-17(14-22-15-18)20-2-1-11-27-20)23-13-16-3-5-19(6-4-16)24-7-9-26-10-8-24;/h1-6,11-12,14-15H,7-10,13H2,(H,23,25);1H4. The van der Waals surface area contributed by atoms with Crippen LogP contribution in [0, 0.1) is 0 Å². The fourth-order valence-electron chi connectivity index (χ4n) is 3.07. The van der Waals surface area contributed by atoms with E-state index < -0.39 is 0 Å². The molecule has 1 amide bonds. The summed E-state index contributed by atoms with van der Waals surface area (Å²) in [6.45, 7) is 3.88. The summed E-state index contributed by atoms with van der Waals surface area (Å²) in [5.74, 6) is -0.113. The Balaban J connectivity index is 0.00000225. The monoisotopic (exact) mass is 395 g/mol. The number of nitrogens with one attached hydrogen (secondary N) is 1. The van der Waals surface area contributed by atoms with Gasteiger partial charge in [-0.3, -0.25) is 9.78 Å². The molecular formula is C22H25N3O2S. The molecule has 0 atom stereocenters. The van der Waals surface area contributed by atoms with Crippen molar-refractivity contribution in [2.24, 2.45) is 0 Å². The van der Waals surface area contributed by atoms with Crippen LogP contribution >= 0.6 is 11.3 Å². The Morgan fingerprint density at radius 1 is 1.14 bits per heavy atom. The first-order chi connectivity index (χ1) is 13.3. The van der Waals surface area contributed by atoms with Crippen LogP contribution in [0.2, 0.25) is 0 Å². The minimum Gasteiger partial charge on any atom is -0.378 e. The highest BCUT2D eigenvalue weighted by Crippen LogP contribution is 2.24. The number of hydrogen-bond donors (Lipinski definition) is 1. The highest BCUT2D eigenvalue weighted by Gasteiger charge is 2.11. The van der Waals surface area contributed by atoms with Crippen molar-refractivity contribution in [2.45, 2.75) is 14.0 Å². The number of nitrogens with zero attached hydrogens (tertiary/aromatic N) is 2. The maximum absolute atomic E-state index is 12.5. The SMILES string of the molecule is C.O=C(NCc1ccc(N2CCOCC2)cc1)c1cncc(-c2cccs2)c1. The summed E-state index contributed by atoms with van der Waals surface area (Å²) in [5, 5.41) is 4.99. The quantitative estimate of drug-likeness (QED) is 0.703. The molecule has 1 aromatic carbocycles. The zero-order valence-corrected chi connectivity index (χ0v) is 15.7. The van der Waals surface area contributed by atoms with Crippen LogP contribution in [0.25, 0.3) is 10.4 Å². The van der Waals surface area contributed by atoms with E-state index >= 15 is 0 Å². The molecule has 0 saturated carbocycles. The van der Waals surface area contributed by atoms with Crippen LogP contribution in [0.4, 0.5) is 5.69 Å². The summed E-state index contributed by atoms with van der Waals surface area (Å²) in [4.78, 5) is 20.1. The first-order valence-corrected chi connectivity index (χ1v) is 9.86. The van der Waals surface area contributed by atoms with Crippen LogP contribution in [-0.4, -0.2) is 37.2 Å². The van der Waals surface area contributed by atoms with Crippen molar-refractivity contribution in [1.29, 1.82) is 0 Å². The molecule has 146 valence electrons. The van der Waals surface area contributed by atoms with Crippen LogP contribution in [0.5, 0.6) is 0 Å². The van der Waals surface area contributed by atoms with E-state index in [1.54, 1.807) is 23.7 Å². The second kappa shape index (κ2) is 9.48. The van der Waals surface area contributed by atoms with Gasteiger partial charge in [0.2, 0.25) is 0 Å². The van der Waals surface area contributed by atoms with E-state index in [-0.39, 0.29) is 13.3 Å². The van der Waals surface area contributed by atoms with Crippen molar-refractivity contribution in [1.82, 2.24) is 10.3 Å². The smallest absolute Gasteiger partial charge is 0.253 e. The molecule has 1 aliphatic rings. The number of hydrogen-bond acceptors (Lipinski definition) is 5. The van der Waals surface area contributed by atoms with Crippen molar-refractivity contribution < 1.29 is 9.53 Å². The Kier molecular flexibility index (Phi) is 6.79. The van der Waals surface area contributed by atoms with Crippen molar-refractivity contribution in [3.8, 4) is 10.4 Å². The molecule has 0 bridgehead atoms. The predicted octanol–water partition coefficient (Wildman–Crippen LogP) is 4.21. The number of carbonyl (C=O) groups is 1. The van der Waals surface area contributed by atoms with Crippen molar-refractivity contribution >= 4 is 22.9 Å². The molecule has 5 nitrogen and oxygen atoms in total. The van der Waals surface area contributed by atoms with E-state index in [0.29, 0.717) is 12.1 Å². The maximum Gasteiger partial charge on any atom is 0.253 e. The van der Waals surface area contributed by atoms with Gasteiger partial charge in [-0.2, -0.15) is 0 Å². The van der Waals surface area contributed by atoms with Crippen LogP contribution in [0.15, 0.2) is 60.2 Å². The number of rotatable bonds is 5. The lowest BCUT2D eigenvalue weighted by Crippen LogP contribution is -2.36. The summed E-state index contributed by atoms with van der Waals surface area (Å²) < 4.78 is 5.39. The maximum atomic E-state index is 12.5. The van der Waals surface area contributed by atoms with Crippen molar-refractivity contribution in [3.63, 3.8) is 0 Å². The Morgan fingerprint density at radius 2 is 1.93 bits per heavy atom. The largest absolute Gasteiger partial charge is 0.378 e. The van der Waals surface area contributed by atoms with Crippen LogP contribution in [-0.2, 0) is 11.3 Å². The summed E-state index contributed by atoms with van der Waals surface area (Å²) in [6, 6.07) is 14.2. The van der Waals surface area contributed by atoms with Crippen LogP contribution in [0.1, 0.15) is 23.3 Å². The van der Waals surface area contributed by atoms with E-state index in [4.69, 9.17) is 4.74 Å². The number of ether oxygens (including phenoxy) is 1. The Bertz CT molecular complexity index is 888. The first kappa shape index (κ1) is 20.0. The van der Waals surface area contributed by atoms with E-state index in [9.17, 15) is 4.79 Å². The van der Waals surface area contributed by atoms with Gasteiger partial charge in [-0.1, -0.05) is 25.6 Å². The van der Waals surface area contributed by atoms with Gasteiger partial charge < -0.3 is 15.0 Å². The number of pyridine rings is 1. The molecular weight excluding hydrogens is 370 g/mol. The third kappa shape index (κ3) is 4.77. The van der Waals surface area contributed by atoms with Gasteiger partial charge in [0.1, 0.15) is 0 Å². The van der Waals surface area contributed by atoms with Crippen molar-refractivity contribution in [2.75, 3.05) is 31.2 Å². The topological polar surface area (TPSA) is 54.5 Å². The molecule has 1 fully saturated rings. The molecule has 1 N–H and O–H groups in total. The van der Waals surface area contributed by atoms with Gasteiger partial charge in [0.25, 0.3) is 5.91 Å². The molecule has 0 spiro atoms. The molecule has 4 rings (SSSR count). The van der Waals surface area contributed by atoms with Gasteiger partial charge in [-0.15, -0.1) is 11.3 Å². The minimum atomic E-state index is -0.113. The minimum absolute atomic E-state index is 0. The predicted molar refractivity (Wildman–Crippen MR) is 115 cm³/mol. The Hall–Kier alpha value is -2.70. The number of aromatic nitrogens is 1. The molecule has 3 aromatic rings. The molecule has 0 radical (unpaired) electrons. The fraction of sp³-hybridized carbons (Fsp3) is 0.273. The fourth-order valence-corrected chi connectivity index (χ4v) is 3.78. The molecule has 6 heteroatoms. The molecule has 1 aliphatic heterocycles. The number of morpholine rings is 1. The Morgan fingerprint density at radius 3 is 2.64 bits per heavy atom. The molecule has 0 unspecified atom stereocenters. The number of thiophene rings is 1. The zero-order valence-electron chi connectivity index (χ0n) is 14.9. The second-order valence-corrected chi connectivity index (χ2v) is 7.34. The lowest BCUT2D eigenvalue weighted by atomic mass is 10.1. The van der Waals surface area contributed by atoms with Gasteiger partial charge >= 0.3 is 0 Å². The number of amides is 1. The van der Waals surface area contributed by atoms with Gasteiger partial charge in [0, 0.05) is 48.2 Å². The van der Waals surface area contributed by atoms with Gasteiger partial charge in [-0.25, -0.2) is 0 Å². The van der Waals surface area contributed by atoms with Crippen molar-refractivity contribution in [3.05, 3.63) is 71.4 Å². The van der Waals surface area contributed by atoms with E-state index in [1.807, 2.05) is 23.6 Å². The summed E-state index contributed by atoms with van der Waals surface area (Å²) >= 11 is 1.64. The van der Waals surface area contributed by atoms with Gasteiger partial charge in [-0.05, 0) is 35.2 Å². The molecule has 2 aromatic heterocycles. The number of carbonyl (C=O) groups excluding carboxylic acids is 1. The summed E-state index contributed by atoms with van der Waals surface area (Å²) in [6.07, 6.45) is 3.39. The van der Waals surface area contributed by atoms with Gasteiger partial charge in [0.05, 0.1) is 18.8 Å². The molecule has 28 heavy (non-hydrogen) atoms. The van der Waals surface area contributed by atoms with E-state index in [0.717, 1.165) is 42.3 Å². The van der Waals surface area contributed by atoms with Crippen LogP contribution < -0.4 is 10.2 Å². The van der Waals surface area contributed by atoms with Crippen LogP contribution in [0.3, 0.4) is 0 Å². The molecule has 3 heterocycles. The normalized spacial score (nSPS) is 13.6. The Labute approximate surface area is 170 Å². The molecule has 1 saturated heterocycles. The number of benzene rings is 1. The zero-order chi connectivity index (χ0) is 18.5. The molecule has 0 aliphatic carbocycles. The lowest BCUT2D eigenvalue weighted by molar-refractivity contribution is 0.0950. The first-order valence-electron chi connectivity index (χ1n) is 8.98. The number of anilines is 1. The highest BCUT2D eigenvalue weighted by atomic mass is 32.1. The average molecular weight is 396 g/mol. The van der Waals surface area contributed by atoms with E-state index in [1.165, 1.54) is 5.69 Å². The van der Waals surface area contributed by atoms with Gasteiger partial charge in [0.15, 0.2) is 0 Å². The second-order valence-electron chi connectivity index (χ2n) is 6.39.